The fraction of sp³-hybridized carbons (Fsp3) is 0.312. The van der Waals surface area contributed by atoms with Crippen molar-refractivity contribution in [2.75, 3.05) is 33.1 Å². The molecule has 0 atom stereocenters. The van der Waals surface area contributed by atoms with E-state index in [4.69, 9.17) is 19.6 Å². The molecule has 1 amide bonds. The Balaban J connectivity index is 2.04. The van der Waals surface area contributed by atoms with Gasteiger partial charge >= 0.3 is 0 Å². The average molecular weight is 304 g/mol. The molecule has 0 aliphatic rings. The van der Waals surface area contributed by atoms with Gasteiger partial charge in [0.05, 0.1) is 12.8 Å². The third-order valence-electron chi connectivity index (χ3n) is 3.15. The number of hydrogen-bond acceptors (Lipinski definition) is 5. The third-order valence-corrected chi connectivity index (χ3v) is 3.15. The minimum atomic E-state index is -0.246. The lowest BCUT2D eigenvalue weighted by molar-refractivity contribution is 0.0922. The maximum absolute atomic E-state index is 11.9. The molecule has 0 saturated carbocycles. The van der Waals surface area contributed by atoms with Gasteiger partial charge in [0.2, 0.25) is 0 Å². The van der Waals surface area contributed by atoms with Gasteiger partial charge in [-0.1, -0.05) is 0 Å². The van der Waals surface area contributed by atoms with Gasteiger partial charge in [-0.05, 0) is 36.8 Å². The monoisotopic (exact) mass is 304 g/mol. The molecule has 2 rings (SSSR count). The van der Waals surface area contributed by atoms with Crippen molar-refractivity contribution in [3.8, 4) is 17.1 Å². The first-order valence-electron chi connectivity index (χ1n) is 6.96. The summed E-state index contributed by atoms with van der Waals surface area (Å²) in [6.45, 7) is 1.15. The van der Waals surface area contributed by atoms with Crippen LogP contribution in [0.2, 0.25) is 0 Å². The maximum atomic E-state index is 11.9. The van der Waals surface area contributed by atoms with Crippen molar-refractivity contribution in [2.45, 2.75) is 6.42 Å². The molecular formula is C16H20N2O4. The van der Waals surface area contributed by atoms with Gasteiger partial charge in [-0.2, -0.15) is 0 Å². The number of nitrogens with one attached hydrogen (secondary N) is 1. The highest BCUT2D eigenvalue weighted by atomic mass is 16.5. The Kier molecular flexibility index (Phi) is 5.43. The van der Waals surface area contributed by atoms with Crippen LogP contribution in [0.5, 0.6) is 5.75 Å². The van der Waals surface area contributed by atoms with Crippen LogP contribution < -0.4 is 15.8 Å². The van der Waals surface area contributed by atoms with Crippen LogP contribution in [0, 0.1) is 0 Å². The van der Waals surface area contributed by atoms with Crippen LogP contribution in [-0.2, 0) is 4.74 Å². The van der Waals surface area contributed by atoms with Crippen LogP contribution in [0.1, 0.15) is 17.0 Å². The van der Waals surface area contributed by atoms with E-state index in [1.807, 2.05) is 6.07 Å². The number of furan rings is 1. The van der Waals surface area contributed by atoms with Crippen molar-refractivity contribution in [3.63, 3.8) is 0 Å². The van der Waals surface area contributed by atoms with Gasteiger partial charge in [0.15, 0.2) is 5.76 Å². The number of ether oxygens (including phenoxy) is 2. The van der Waals surface area contributed by atoms with Gasteiger partial charge in [0.1, 0.15) is 11.5 Å². The first-order chi connectivity index (χ1) is 10.7. The number of rotatable bonds is 7. The Morgan fingerprint density at radius 3 is 2.77 bits per heavy atom. The van der Waals surface area contributed by atoms with Crippen molar-refractivity contribution in [1.29, 1.82) is 0 Å². The van der Waals surface area contributed by atoms with Gasteiger partial charge in [0, 0.05) is 25.8 Å². The topological polar surface area (TPSA) is 86.7 Å². The first-order valence-corrected chi connectivity index (χ1v) is 6.96. The van der Waals surface area contributed by atoms with E-state index in [-0.39, 0.29) is 11.7 Å². The molecule has 0 saturated heterocycles. The van der Waals surface area contributed by atoms with Gasteiger partial charge in [0.25, 0.3) is 5.91 Å². The number of nitrogen functional groups attached to an aromatic ring is 1. The average Bonchev–Trinajstić information content (AvgIpc) is 3.01. The Labute approximate surface area is 129 Å². The summed E-state index contributed by atoms with van der Waals surface area (Å²) in [7, 11) is 3.19. The summed E-state index contributed by atoms with van der Waals surface area (Å²) in [4.78, 5) is 11.9. The van der Waals surface area contributed by atoms with Gasteiger partial charge in [-0.15, -0.1) is 0 Å². The Morgan fingerprint density at radius 1 is 1.27 bits per heavy atom. The molecule has 1 heterocycles. The molecule has 2 aromatic rings. The summed E-state index contributed by atoms with van der Waals surface area (Å²) in [6.07, 6.45) is 0.755. The predicted molar refractivity (Wildman–Crippen MR) is 83.9 cm³/mol. The lowest BCUT2D eigenvalue weighted by atomic mass is 10.1. The van der Waals surface area contributed by atoms with Gasteiger partial charge < -0.3 is 24.9 Å². The molecule has 0 bridgehead atoms. The fourth-order valence-electron chi connectivity index (χ4n) is 2.01. The normalized spacial score (nSPS) is 10.5. The Morgan fingerprint density at radius 2 is 2.09 bits per heavy atom. The molecule has 0 spiro atoms. The standard InChI is InChI=1S/C16H20N2O4/c1-20-9-3-8-18-16(19)15-7-6-13(22-15)11-4-5-14(21-2)12(17)10-11/h4-7,10H,3,8-9,17H2,1-2H3,(H,18,19). The van der Waals surface area contributed by atoms with Gasteiger partial charge in [-0.3, -0.25) is 4.79 Å². The molecule has 118 valence electrons. The second-order valence-electron chi connectivity index (χ2n) is 4.72. The van der Waals surface area contributed by atoms with E-state index >= 15 is 0 Å². The number of nitrogens with two attached hydrogens (primary N) is 1. The van der Waals surface area contributed by atoms with Crippen molar-refractivity contribution < 1.29 is 18.7 Å². The maximum Gasteiger partial charge on any atom is 0.287 e. The van der Waals surface area contributed by atoms with E-state index < -0.39 is 0 Å². The van der Waals surface area contributed by atoms with Crippen molar-refractivity contribution >= 4 is 11.6 Å². The number of carbonyl (C=O) groups excluding carboxylic acids is 1. The summed E-state index contributed by atoms with van der Waals surface area (Å²) >= 11 is 0. The molecule has 0 radical (unpaired) electrons. The van der Waals surface area contributed by atoms with E-state index in [9.17, 15) is 4.79 Å². The Bertz CT molecular complexity index is 637. The lowest BCUT2D eigenvalue weighted by Crippen LogP contribution is -2.24. The number of benzene rings is 1. The number of carbonyl (C=O) groups is 1. The minimum Gasteiger partial charge on any atom is -0.495 e. The van der Waals surface area contributed by atoms with Crippen LogP contribution in [-0.4, -0.2) is 33.3 Å². The fourth-order valence-corrected chi connectivity index (χ4v) is 2.01. The number of hydrogen-bond donors (Lipinski definition) is 2. The molecule has 22 heavy (non-hydrogen) atoms. The quantitative estimate of drug-likeness (QED) is 0.605. The summed E-state index contributed by atoms with van der Waals surface area (Å²) in [5.41, 5.74) is 7.18. The summed E-state index contributed by atoms with van der Waals surface area (Å²) in [5.74, 6) is 1.20. The highest BCUT2D eigenvalue weighted by Gasteiger charge is 2.12. The van der Waals surface area contributed by atoms with E-state index in [1.165, 1.54) is 0 Å². The largest absolute Gasteiger partial charge is 0.495 e. The van der Waals surface area contributed by atoms with Crippen molar-refractivity contribution in [1.82, 2.24) is 5.32 Å². The third kappa shape index (κ3) is 3.79. The molecule has 1 aromatic heterocycles. The SMILES string of the molecule is COCCCNC(=O)c1ccc(-c2ccc(OC)c(N)c2)o1. The number of methoxy groups -OCH3 is 2. The van der Waals surface area contributed by atoms with Crippen LogP contribution in [0.3, 0.4) is 0 Å². The van der Waals surface area contributed by atoms with E-state index in [0.29, 0.717) is 30.3 Å². The van der Waals surface area contributed by atoms with Crippen LogP contribution in [0.15, 0.2) is 34.7 Å². The second kappa shape index (κ2) is 7.51. The zero-order valence-electron chi connectivity index (χ0n) is 12.7. The zero-order valence-corrected chi connectivity index (χ0v) is 12.7. The van der Waals surface area contributed by atoms with Crippen molar-refractivity contribution in [3.05, 3.63) is 36.1 Å². The molecule has 0 aliphatic carbocycles. The number of anilines is 1. The van der Waals surface area contributed by atoms with Crippen molar-refractivity contribution in [2.24, 2.45) is 0 Å². The van der Waals surface area contributed by atoms with Crippen LogP contribution in [0.4, 0.5) is 5.69 Å². The van der Waals surface area contributed by atoms with Crippen LogP contribution in [0.25, 0.3) is 11.3 Å². The molecule has 0 unspecified atom stereocenters. The molecular weight excluding hydrogens is 284 g/mol. The van der Waals surface area contributed by atoms with E-state index in [0.717, 1.165) is 12.0 Å². The molecule has 6 heteroatoms. The summed E-state index contributed by atoms with van der Waals surface area (Å²) in [6, 6.07) is 8.72. The molecule has 1 aromatic carbocycles. The molecule has 3 N–H and O–H groups in total. The number of amides is 1. The zero-order chi connectivity index (χ0) is 15.9. The molecule has 6 nitrogen and oxygen atoms in total. The highest BCUT2D eigenvalue weighted by molar-refractivity contribution is 5.92. The summed E-state index contributed by atoms with van der Waals surface area (Å²) < 4.78 is 15.6. The van der Waals surface area contributed by atoms with E-state index in [2.05, 4.69) is 5.32 Å². The molecule has 0 fully saturated rings. The second-order valence-corrected chi connectivity index (χ2v) is 4.72. The molecule has 0 aliphatic heterocycles. The van der Waals surface area contributed by atoms with Gasteiger partial charge in [-0.25, -0.2) is 0 Å². The van der Waals surface area contributed by atoms with E-state index in [1.54, 1.807) is 38.5 Å². The Hall–Kier alpha value is -2.47. The smallest absolute Gasteiger partial charge is 0.287 e. The summed E-state index contributed by atoms with van der Waals surface area (Å²) in [5, 5.41) is 2.77. The first kappa shape index (κ1) is 15.9. The van der Waals surface area contributed by atoms with Crippen LogP contribution >= 0.6 is 0 Å². The highest BCUT2D eigenvalue weighted by Crippen LogP contribution is 2.29. The minimum absolute atomic E-state index is 0.246. The predicted octanol–water partition coefficient (Wildman–Crippen LogP) is 2.30. The lowest BCUT2D eigenvalue weighted by Gasteiger charge is -2.05.